The maximum Gasteiger partial charge on any atom is 0.259 e. The van der Waals surface area contributed by atoms with Crippen LogP contribution >= 0.6 is 0 Å². The van der Waals surface area contributed by atoms with Crippen LogP contribution in [0.1, 0.15) is 42.4 Å². The average molecular weight is 326 g/mol. The van der Waals surface area contributed by atoms with Gasteiger partial charge in [0, 0.05) is 23.0 Å². The highest BCUT2D eigenvalue weighted by Crippen LogP contribution is 2.23. The van der Waals surface area contributed by atoms with Gasteiger partial charge in [-0.25, -0.2) is 9.97 Å². The van der Waals surface area contributed by atoms with Gasteiger partial charge in [-0.1, -0.05) is 20.8 Å². The number of nitrogens with zero attached hydrogens (tertiary/aromatic N) is 2. The molecule has 0 saturated heterocycles. The number of nitrogens with one attached hydrogen (secondary N) is 2. The lowest BCUT2D eigenvalue weighted by molar-refractivity contribution is -0.123. The molecule has 2 amide bonds. The molecule has 0 radical (unpaired) electrons. The first-order valence-corrected chi connectivity index (χ1v) is 7.68. The van der Waals surface area contributed by atoms with E-state index in [1.807, 2.05) is 33.8 Å². The molecule has 0 spiro atoms. The van der Waals surface area contributed by atoms with Crippen molar-refractivity contribution in [3.63, 3.8) is 0 Å². The lowest BCUT2D eigenvalue weighted by Crippen LogP contribution is -2.27. The van der Waals surface area contributed by atoms with E-state index in [0.717, 1.165) is 11.3 Å². The number of carbonyl (C=O) groups excluding carboxylic acids is 2. The summed E-state index contributed by atoms with van der Waals surface area (Å²) in [5.41, 5.74) is 2.83. The molecule has 1 aromatic carbocycles. The number of carbonyl (C=O) groups is 2. The normalized spacial score (nSPS) is 11.0. The Bertz CT molecular complexity index is 779. The van der Waals surface area contributed by atoms with E-state index >= 15 is 0 Å². The van der Waals surface area contributed by atoms with Crippen molar-refractivity contribution in [1.82, 2.24) is 9.97 Å². The molecule has 2 N–H and O–H groups in total. The summed E-state index contributed by atoms with van der Waals surface area (Å²) in [4.78, 5) is 32.2. The molecular formula is C18H22N4O2. The maximum absolute atomic E-state index is 12.3. The van der Waals surface area contributed by atoms with Crippen LogP contribution in [0.4, 0.5) is 11.4 Å². The highest BCUT2D eigenvalue weighted by Gasteiger charge is 2.21. The van der Waals surface area contributed by atoms with E-state index in [1.165, 1.54) is 12.5 Å². The zero-order chi connectivity index (χ0) is 17.9. The van der Waals surface area contributed by atoms with Crippen molar-refractivity contribution in [2.24, 2.45) is 5.41 Å². The molecule has 0 bridgehead atoms. The molecule has 6 heteroatoms. The highest BCUT2D eigenvalue weighted by molar-refractivity contribution is 6.05. The number of aryl methyl sites for hydroxylation is 2. The minimum absolute atomic E-state index is 0.0561. The lowest BCUT2D eigenvalue weighted by Gasteiger charge is -2.19. The van der Waals surface area contributed by atoms with E-state index in [1.54, 1.807) is 19.1 Å². The van der Waals surface area contributed by atoms with Crippen molar-refractivity contribution in [3.8, 4) is 0 Å². The Morgan fingerprint density at radius 1 is 1.08 bits per heavy atom. The van der Waals surface area contributed by atoms with Crippen molar-refractivity contribution >= 4 is 23.2 Å². The predicted octanol–water partition coefficient (Wildman–Crippen LogP) is 3.33. The van der Waals surface area contributed by atoms with Gasteiger partial charge in [-0.3, -0.25) is 9.59 Å². The smallest absolute Gasteiger partial charge is 0.259 e. The number of benzene rings is 1. The molecule has 6 nitrogen and oxygen atoms in total. The van der Waals surface area contributed by atoms with E-state index in [0.29, 0.717) is 16.9 Å². The summed E-state index contributed by atoms with van der Waals surface area (Å²) in [7, 11) is 0. The molecule has 0 unspecified atom stereocenters. The number of amides is 2. The van der Waals surface area contributed by atoms with Gasteiger partial charge in [0.25, 0.3) is 5.91 Å². The first-order chi connectivity index (χ1) is 11.2. The topological polar surface area (TPSA) is 84.0 Å². The first kappa shape index (κ1) is 17.6. The second-order valence-electron chi connectivity index (χ2n) is 6.71. The van der Waals surface area contributed by atoms with E-state index in [-0.39, 0.29) is 11.8 Å². The molecule has 1 aromatic heterocycles. The quantitative estimate of drug-likeness (QED) is 0.906. The van der Waals surface area contributed by atoms with Crippen LogP contribution in [0.25, 0.3) is 0 Å². The van der Waals surface area contributed by atoms with Gasteiger partial charge in [-0.2, -0.15) is 0 Å². The second kappa shape index (κ2) is 6.78. The summed E-state index contributed by atoms with van der Waals surface area (Å²) in [6, 6.07) is 5.35. The Hall–Kier alpha value is -2.76. The number of anilines is 2. The van der Waals surface area contributed by atoms with Gasteiger partial charge in [0.05, 0.1) is 11.3 Å². The van der Waals surface area contributed by atoms with Crippen LogP contribution in [0.2, 0.25) is 0 Å². The molecule has 1 heterocycles. The minimum Gasteiger partial charge on any atom is -0.325 e. The van der Waals surface area contributed by atoms with Crippen molar-refractivity contribution in [1.29, 1.82) is 0 Å². The molecule has 0 saturated carbocycles. The summed E-state index contributed by atoms with van der Waals surface area (Å²) in [6.45, 7) is 9.21. The molecule has 0 aliphatic rings. The monoisotopic (exact) mass is 326 g/mol. The third-order valence-corrected chi connectivity index (χ3v) is 3.57. The van der Waals surface area contributed by atoms with E-state index < -0.39 is 5.41 Å². The van der Waals surface area contributed by atoms with Crippen LogP contribution < -0.4 is 10.6 Å². The van der Waals surface area contributed by atoms with E-state index in [2.05, 4.69) is 20.6 Å². The van der Waals surface area contributed by atoms with Crippen molar-refractivity contribution < 1.29 is 9.59 Å². The van der Waals surface area contributed by atoms with Crippen LogP contribution in [0.3, 0.4) is 0 Å². The third kappa shape index (κ3) is 4.16. The van der Waals surface area contributed by atoms with Gasteiger partial charge in [0.1, 0.15) is 6.33 Å². The summed E-state index contributed by atoms with van der Waals surface area (Å²) < 4.78 is 0. The largest absolute Gasteiger partial charge is 0.325 e. The Morgan fingerprint density at radius 2 is 1.79 bits per heavy atom. The van der Waals surface area contributed by atoms with Crippen LogP contribution in [0, 0.1) is 19.3 Å². The molecule has 24 heavy (non-hydrogen) atoms. The fourth-order valence-corrected chi connectivity index (χ4v) is 2.00. The second-order valence-corrected chi connectivity index (χ2v) is 6.71. The number of hydrogen-bond donors (Lipinski definition) is 2. The van der Waals surface area contributed by atoms with Crippen LogP contribution in [0.15, 0.2) is 30.7 Å². The zero-order valence-electron chi connectivity index (χ0n) is 14.6. The first-order valence-electron chi connectivity index (χ1n) is 7.68. The van der Waals surface area contributed by atoms with E-state index in [9.17, 15) is 9.59 Å². The summed E-state index contributed by atoms with van der Waals surface area (Å²) in [5.74, 6) is -0.321. The molecule has 126 valence electrons. The van der Waals surface area contributed by atoms with Gasteiger partial charge in [-0.15, -0.1) is 0 Å². The number of rotatable bonds is 3. The minimum atomic E-state index is -0.468. The number of hydrogen-bond acceptors (Lipinski definition) is 4. The fraction of sp³-hybridized carbons (Fsp3) is 0.333. The Morgan fingerprint density at radius 3 is 2.38 bits per heavy atom. The van der Waals surface area contributed by atoms with E-state index in [4.69, 9.17) is 0 Å². The van der Waals surface area contributed by atoms with Gasteiger partial charge in [0.15, 0.2) is 0 Å². The third-order valence-electron chi connectivity index (χ3n) is 3.57. The molecule has 0 fully saturated rings. The van der Waals surface area contributed by atoms with Gasteiger partial charge < -0.3 is 10.6 Å². The SMILES string of the molecule is Cc1cc(NC(=O)c2cncnc2C)ccc1NC(=O)C(C)(C)C. The molecule has 0 aliphatic heterocycles. The Balaban J connectivity index is 2.14. The van der Waals surface area contributed by atoms with Gasteiger partial charge >= 0.3 is 0 Å². The maximum atomic E-state index is 12.3. The number of aromatic nitrogens is 2. The van der Waals surface area contributed by atoms with Crippen molar-refractivity contribution in [2.75, 3.05) is 10.6 Å². The van der Waals surface area contributed by atoms with Crippen LogP contribution in [-0.4, -0.2) is 21.8 Å². The highest BCUT2D eigenvalue weighted by atomic mass is 16.2. The Labute approximate surface area is 141 Å². The molecular weight excluding hydrogens is 304 g/mol. The lowest BCUT2D eigenvalue weighted by atomic mass is 9.95. The average Bonchev–Trinajstić information content (AvgIpc) is 2.49. The zero-order valence-corrected chi connectivity index (χ0v) is 14.6. The molecule has 0 atom stereocenters. The van der Waals surface area contributed by atoms with Crippen molar-refractivity contribution in [3.05, 3.63) is 47.5 Å². The summed E-state index contributed by atoms with van der Waals surface area (Å²) in [5, 5.41) is 5.72. The predicted molar refractivity (Wildman–Crippen MR) is 94.0 cm³/mol. The summed E-state index contributed by atoms with van der Waals surface area (Å²) >= 11 is 0. The van der Waals surface area contributed by atoms with Crippen molar-refractivity contribution in [2.45, 2.75) is 34.6 Å². The van der Waals surface area contributed by atoms with Gasteiger partial charge in [-0.05, 0) is 37.6 Å². The van der Waals surface area contributed by atoms with Gasteiger partial charge in [0.2, 0.25) is 5.91 Å². The van der Waals surface area contributed by atoms with Crippen LogP contribution in [-0.2, 0) is 4.79 Å². The fourth-order valence-electron chi connectivity index (χ4n) is 2.00. The molecule has 2 aromatic rings. The van der Waals surface area contributed by atoms with Crippen LogP contribution in [0.5, 0.6) is 0 Å². The standard InChI is InChI=1S/C18H22N4O2/c1-11-8-13(6-7-15(11)22-17(24)18(3,4)5)21-16(23)14-9-19-10-20-12(14)2/h6-10H,1-5H3,(H,21,23)(H,22,24). The molecule has 0 aliphatic carbocycles. The Kier molecular flexibility index (Phi) is 4.97. The summed E-state index contributed by atoms with van der Waals surface area (Å²) in [6.07, 6.45) is 2.89. The molecule has 2 rings (SSSR count).